The molecule has 2 aromatic rings. The van der Waals surface area contributed by atoms with E-state index in [2.05, 4.69) is 20.9 Å². The van der Waals surface area contributed by atoms with E-state index >= 15 is 0 Å². The molecule has 0 aliphatic carbocycles. The quantitative estimate of drug-likeness (QED) is 0.911. The van der Waals surface area contributed by atoms with Crippen LogP contribution in [0.25, 0.3) is 5.82 Å². The summed E-state index contributed by atoms with van der Waals surface area (Å²) in [6.07, 6.45) is 1.51. The van der Waals surface area contributed by atoms with Crippen molar-refractivity contribution in [2.24, 2.45) is 0 Å². The Morgan fingerprint density at radius 1 is 1.47 bits per heavy atom. The molecule has 0 fully saturated rings. The Labute approximate surface area is 115 Å². The lowest BCUT2D eigenvalue weighted by atomic mass is 10.4. The van der Waals surface area contributed by atoms with Crippen LogP contribution >= 0.6 is 39.1 Å². The summed E-state index contributed by atoms with van der Waals surface area (Å²) >= 11 is 15.2. The summed E-state index contributed by atoms with van der Waals surface area (Å²) in [4.78, 5) is 15.1. The van der Waals surface area contributed by atoms with Crippen molar-refractivity contribution in [3.8, 4) is 5.82 Å². The van der Waals surface area contributed by atoms with Crippen molar-refractivity contribution in [3.63, 3.8) is 0 Å². The van der Waals surface area contributed by atoms with Gasteiger partial charge >= 0.3 is 5.97 Å². The molecule has 0 saturated heterocycles. The molecular weight excluding hydrogens is 331 g/mol. The highest BCUT2D eigenvalue weighted by atomic mass is 79.9. The van der Waals surface area contributed by atoms with Gasteiger partial charge in [-0.05, 0) is 34.1 Å². The maximum atomic E-state index is 11.1. The fraction of sp³-hybridized carbons (Fsp3) is 0. The van der Waals surface area contributed by atoms with Crippen molar-refractivity contribution in [1.29, 1.82) is 0 Å². The fourth-order valence-electron chi connectivity index (χ4n) is 1.36. The Kier molecular flexibility index (Phi) is 3.42. The zero-order valence-corrected chi connectivity index (χ0v) is 11.3. The van der Waals surface area contributed by atoms with Gasteiger partial charge in [-0.2, -0.15) is 0 Å². The maximum absolute atomic E-state index is 11.1. The van der Waals surface area contributed by atoms with E-state index in [1.807, 2.05) is 0 Å². The lowest BCUT2D eigenvalue weighted by Gasteiger charge is -2.08. The van der Waals surface area contributed by atoms with Crippen LogP contribution in [0.15, 0.2) is 28.9 Å². The second kappa shape index (κ2) is 4.68. The number of carboxylic acid groups (broad SMARTS) is 1. The number of pyridine rings is 1. The molecule has 0 spiro atoms. The standard InChI is InChI=1S/C10H5BrCl2N2O2/c11-5-4-7(10(16)17)15(8(5)13)9-6(12)2-1-3-14-9/h1-4H,(H,16,17). The van der Waals surface area contributed by atoms with Crippen LogP contribution in [0.2, 0.25) is 10.2 Å². The van der Waals surface area contributed by atoms with E-state index in [4.69, 9.17) is 28.3 Å². The van der Waals surface area contributed by atoms with Gasteiger partial charge in [-0.1, -0.05) is 23.2 Å². The van der Waals surface area contributed by atoms with Gasteiger partial charge in [0.25, 0.3) is 0 Å². The van der Waals surface area contributed by atoms with Crippen LogP contribution in [0.3, 0.4) is 0 Å². The van der Waals surface area contributed by atoms with Gasteiger partial charge in [0.15, 0.2) is 5.82 Å². The van der Waals surface area contributed by atoms with Crippen LogP contribution in [0.4, 0.5) is 0 Å². The Morgan fingerprint density at radius 2 is 2.18 bits per heavy atom. The van der Waals surface area contributed by atoms with Crippen molar-refractivity contribution in [3.05, 3.63) is 44.7 Å². The molecule has 2 aromatic heterocycles. The van der Waals surface area contributed by atoms with Crippen molar-refractivity contribution >= 4 is 45.1 Å². The molecule has 0 aromatic carbocycles. The number of halogens is 3. The van der Waals surface area contributed by atoms with Crippen molar-refractivity contribution < 1.29 is 9.90 Å². The van der Waals surface area contributed by atoms with E-state index in [1.54, 1.807) is 12.1 Å². The molecule has 0 aliphatic rings. The van der Waals surface area contributed by atoms with Crippen LogP contribution in [0.1, 0.15) is 10.5 Å². The van der Waals surface area contributed by atoms with E-state index in [1.165, 1.54) is 16.8 Å². The minimum atomic E-state index is -1.11. The molecule has 0 radical (unpaired) electrons. The van der Waals surface area contributed by atoms with E-state index in [9.17, 15) is 4.79 Å². The molecule has 0 saturated carbocycles. The number of hydrogen-bond acceptors (Lipinski definition) is 2. The van der Waals surface area contributed by atoms with Gasteiger partial charge in [0.2, 0.25) is 0 Å². The van der Waals surface area contributed by atoms with Crippen molar-refractivity contribution in [2.45, 2.75) is 0 Å². The molecule has 1 N–H and O–H groups in total. The van der Waals surface area contributed by atoms with Gasteiger partial charge in [0.1, 0.15) is 10.8 Å². The molecular formula is C10H5BrCl2N2O2. The highest BCUT2D eigenvalue weighted by molar-refractivity contribution is 9.10. The lowest BCUT2D eigenvalue weighted by molar-refractivity contribution is 0.0688. The number of carbonyl (C=O) groups is 1. The van der Waals surface area contributed by atoms with Gasteiger partial charge in [-0.25, -0.2) is 9.78 Å². The monoisotopic (exact) mass is 334 g/mol. The zero-order chi connectivity index (χ0) is 12.6. The van der Waals surface area contributed by atoms with E-state index in [0.29, 0.717) is 9.50 Å². The third-order valence-corrected chi connectivity index (χ3v) is 3.57. The van der Waals surface area contributed by atoms with Crippen LogP contribution in [-0.4, -0.2) is 20.6 Å². The van der Waals surface area contributed by atoms with E-state index in [0.717, 1.165) is 0 Å². The number of rotatable bonds is 2. The average molecular weight is 336 g/mol. The van der Waals surface area contributed by atoms with E-state index in [-0.39, 0.29) is 16.7 Å². The summed E-state index contributed by atoms with van der Waals surface area (Å²) in [6.45, 7) is 0. The molecule has 88 valence electrons. The maximum Gasteiger partial charge on any atom is 0.352 e. The van der Waals surface area contributed by atoms with Gasteiger partial charge in [-0.3, -0.25) is 4.57 Å². The van der Waals surface area contributed by atoms with Crippen LogP contribution < -0.4 is 0 Å². The number of hydrogen-bond donors (Lipinski definition) is 1. The predicted octanol–water partition coefficient (Wildman–Crippen LogP) is 3.64. The molecule has 0 aliphatic heterocycles. The summed E-state index contributed by atoms with van der Waals surface area (Å²) in [5, 5.41) is 9.62. The molecule has 2 rings (SSSR count). The molecule has 2 heterocycles. The summed E-state index contributed by atoms with van der Waals surface area (Å²) in [5.41, 5.74) is -0.0116. The predicted molar refractivity (Wildman–Crippen MR) is 68.2 cm³/mol. The number of aromatic nitrogens is 2. The first-order valence-electron chi connectivity index (χ1n) is 4.43. The molecule has 0 atom stereocenters. The molecule has 4 nitrogen and oxygen atoms in total. The molecule has 0 amide bonds. The Balaban J connectivity index is 2.75. The lowest BCUT2D eigenvalue weighted by Crippen LogP contribution is -2.08. The van der Waals surface area contributed by atoms with Crippen LogP contribution in [0.5, 0.6) is 0 Å². The first-order chi connectivity index (χ1) is 8.02. The highest BCUT2D eigenvalue weighted by Crippen LogP contribution is 2.31. The highest BCUT2D eigenvalue weighted by Gasteiger charge is 2.20. The Morgan fingerprint density at radius 3 is 2.76 bits per heavy atom. The van der Waals surface area contributed by atoms with Gasteiger partial charge in [0, 0.05) is 6.20 Å². The van der Waals surface area contributed by atoms with E-state index < -0.39 is 5.97 Å². The molecule has 7 heteroatoms. The van der Waals surface area contributed by atoms with Gasteiger partial charge < -0.3 is 5.11 Å². The minimum Gasteiger partial charge on any atom is -0.477 e. The largest absolute Gasteiger partial charge is 0.477 e. The fourth-order valence-corrected chi connectivity index (χ4v) is 2.19. The van der Waals surface area contributed by atoms with Crippen LogP contribution in [-0.2, 0) is 0 Å². The summed E-state index contributed by atoms with van der Waals surface area (Å²) < 4.78 is 1.74. The zero-order valence-electron chi connectivity index (χ0n) is 8.19. The number of aromatic carboxylic acids is 1. The second-order valence-electron chi connectivity index (χ2n) is 3.12. The number of carboxylic acids is 1. The normalized spacial score (nSPS) is 10.5. The van der Waals surface area contributed by atoms with Crippen molar-refractivity contribution in [2.75, 3.05) is 0 Å². The topological polar surface area (TPSA) is 55.1 Å². The first kappa shape index (κ1) is 12.4. The number of nitrogens with zero attached hydrogens (tertiary/aromatic N) is 2. The summed E-state index contributed by atoms with van der Waals surface area (Å²) in [7, 11) is 0. The second-order valence-corrected chi connectivity index (χ2v) is 4.74. The third-order valence-electron chi connectivity index (χ3n) is 2.07. The third kappa shape index (κ3) is 2.18. The average Bonchev–Trinajstić information content (AvgIpc) is 2.57. The molecule has 17 heavy (non-hydrogen) atoms. The molecule has 0 unspecified atom stereocenters. The minimum absolute atomic E-state index is 0.0116. The van der Waals surface area contributed by atoms with Crippen molar-refractivity contribution in [1.82, 2.24) is 9.55 Å². The Bertz CT molecular complexity index is 598. The van der Waals surface area contributed by atoms with Crippen LogP contribution in [0, 0.1) is 0 Å². The Hall–Kier alpha value is -1.04. The summed E-state index contributed by atoms with van der Waals surface area (Å²) in [5.74, 6) is -0.832. The first-order valence-corrected chi connectivity index (χ1v) is 5.98. The molecule has 0 bridgehead atoms. The van der Waals surface area contributed by atoms with Gasteiger partial charge in [0.05, 0.1) is 9.50 Å². The summed E-state index contributed by atoms with van der Waals surface area (Å²) in [6, 6.07) is 4.66. The smallest absolute Gasteiger partial charge is 0.352 e. The SMILES string of the molecule is O=C(O)c1cc(Br)c(Cl)n1-c1ncccc1Cl. The van der Waals surface area contributed by atoms with Gasteiger partial charge in [-0.15, -0.1) is 0 Å².